The average Bonchev–Trinajstić information content (AvgIpc) is 2.56. The summed E-state index contributed by atoms with van der Waals surface area (Å²) in [6.07, 6.45) is 0. The molecule has 0 saturated carbocycles. The molecule has 2 aromatic rings. The Balaban J connectivity index is 1.75. The summed E-state index contributed by atoms with van der Waals surface area (Å²) in [5, 5.41) is 2.11. The van der Waals surface area contributed by atoms with Crippen molar-refractivity contribution in [3.63, 3.8) is 0 Å². The number of esters is 1. The van der Waals surface area contributed by atoms with E-state index in [0.29, 0.717) is 5.75 Å². The van der Waals surface area contributed by atoms with Gasteiger partial charge in [0.25, 0.3) is 5.91 Å². The number of carbonyl (C=O) groups excluding carboxylic acids is 2. The fraction of sp³-hybridized carbons (Fsp3) is 0.176. The first-order valence-electron chi connectivity index (χ1n) is 7.04. The van der Waals surface area contributed by atoms with Gasteiger partial charge < -0.3 is 14.8 Å². The molecular weight excluding hydrogens is 320 g/mol. The highest BCUT2D eigenvalue weighted by atomic mass is 19.1. The Morgan fingerprint density at radius 2 is 1.75 bits per heavy atom. The van der Waals surface area contributed by atoms with Crippen molar-refractivity contribution in [1.82, 2.24) is 0 Å². The highest BCUT2D eigenvalue weighted by Crippen LogP contribution is 2.15. The summed E-state index contributed by atoms with van der Waals surface area (Å²) in [5.74, 6) is -2.55. The highest BCUT2D eigenvalue weighted by molar-refractivity contribution is 5.92. The number of nitrogens with one attached hydrogen (secondary N) is 1. The van der Waals surface area contributed by atoms with Crippen LogP contribution in [0.2, 0.25) is 0 Å². The normalized spacial score (nSPS) is 10.1. The molecule has 0 aromatic heterocycles. The van der Waals surface area contributed by atoms with Crippen LogP contribution in [0.1, 0.15) is 5.56 Å². The molecule has 0 radical (unpaired) electrons. The molecule has 0 aliphatic carbocycles. The van der Waals surface area contributed by atoms with E-state index in [1.807, 2.05) is 19.1 Å². The number of halogens is 2. The Morgan fingerprint density at radius 1 is 1.04 bits per heavy atom. The number of rotatable bonds is 6. The molecule has 0 bridgehead atoms. The monoisotopic (exact) mass is 335 g/mol. The number of hydrogen-bond acceptors (Lipinski definition) is 4. The molecule has 5 nitrogen and oxygen atoms in total. The van der Waals surface area contributed by atoms with Crippen LogP contribution in [0.3, 0.4) is 0 Å². The van der Waals surface area contributed by atoms with E-state index < -0.39 is 30.1 Å². The van der Waals surface area contributed by atoms with Crippen LogP contribution in [0, 0.1) is 18.6 Å². The third-order valence-corrected chi connectivity index (χ3v) is 2.94. The first-order valence-corrected chi connectivity index (χ1v) is 7.04. The maximum atomic E-state index is 13.4. The van der Waals surface area contributed by atoms with Gasteiger partial charge in [-0.3, -0.25) is 4.79 Å². The summed E-state index contributed by atoms with van der Waals surface area (Å²) in [4.78, 5) is 23.1. The van der Waals surface area contributed by atoms with Gasteiger partial charge in [0.2, 0.25) is 0 Å². The molecule has 0 aliphatic rings. The van der Waals surface area contributed by atoms with Crippen LogP contribution in [0.4, 0.5) is 14.5 Å². The second-order valence-corrected chi connectivity index (χ2v) is 4.93. The highest BCUT2D eigenvalue weighted by Gasteiger charge is 2.11. The number of aryl methyl sites for hydroxylation is 1. The minimum atomic E-state index is -0.793. The van der Waals surface area contributed by atoms with Crippen LogP contribution in [-0.2, 0) is 14.3 Å². The Hall–Kier alpha value is -2.96. The summed E-state index contributed by atoms with van der Waals surface area (Å²) in [6, 6.07) is 9.67. The third-order valence-electron chi connectivity index (χ3n) is 2.94. The van der Waals surface area contributed by atoms with Crippen molar-refractivity contribution in [3.05, 3.63) is 59.7 Å². The number of benzene rings is 2. The molecule has 0 fully saturated rings. The van der Waals surface area contributed by atoms with Crippen molar-refractivity contribution in [3.8, 4) is 5.75 Å². The first kappa shape index (κ1) is 17.4. The molecule has 2 rings (SSSR count). The molecule has 0 spiro atoms. The zero-order valence-corrected chi connectivity index (χ0v) is 12.8. The van der Waals surface area contributed by atoms with Gasteiger partial charge in [0.1, 0.15) is 17.4 Å². The van der Waals surface area contributed by atoms with Crippen molar-refractivity contribution >= 4 is 17.6 Å². The summed E-state index contributed by atoms with van der Waals surface area (Å²) in [7, 11) is 0. The zero-order chi connectivity index (χ0) is 17.5. The Kier molecular flexibility index (Phi) is 5.83. The summed E-state index contributed by atoms with van der Waals surface area (Å²) in [5.41, 5.74) is 0.720. The molecular formula is C17H15F2NO4. The number of anilines is 1. The van der Waals surface area contributed by atoms with E-state index >= 15 is 0 Å². The van der Waals surface area contributed by atoms with E-state index in [1.165, 1.54) is 0 Å². The van der Waals surface area contributed by atoms with Gasteiger partial charge in [-0.25, -0.2) is 13.6 Å². The Bertz CT molecular complexity index is 732. The standard InChI is InChI=1S/C17H15F2NO4/c1-11-2-5-13(6-3-11)23-10-17(22)24-9-16(21)20-15-8-12(18)4-7-14(15)19/h2-8H,9-10H2,1H3,(H,20,21). The topological polar surface area (TPSA) is 64.6 Å². The Labute approximate surface area is 137 Å². The molecule has 7 heteroatoms. The molecule has 126 valence electrons. The van der Waals surface area contributed by atoms with Crippen molar-refractivity contribution < 1.29 is 27.8 Å². The van der Waals surface area contributed by atoms with Gasteiger partial charge in [-0.1, -0.05) is 17.7 Å². The van der Waals surface area contributed by atoms with Crippen LogP contribution < -0.4 is 10.1 Å². The fourth-order valence-corrected chi connectivity index (χ4v) is 1.74. The van der Waals surface area contributed by atoms with E-state index in [0.717, 1.165) is 23.8 Å². The maximum absolute atomic E-state index is 13.4. The third kappa shape index (κ3) is 5.35. The predicted molar refractivity (Wildman–Crippen MR) is 82.6 cm³/mol. The quantitative estimate of drug-likeness (QED) is 0.825. The van der Waals surface area contributed by atoms with Gasteiger partial charge in [-0.05, 0) is 31.2 Å². The molecule has 2 aromatic carbocycles. The van der Waals surface area contributed by atoms with Gasteiger partial charge in [0.05, 0.1) is 5.69 Å². The van der Waals surface area contributed by atoms with Gasteiger partial charge >= 0.3 is 5.97 Å². The maximum Gasteiger partial charge on any atom is 0.344 e. The smallest absolute Gasteiger partial charge is 0.344 e. The number of carbonyl (C=O) groups is 2. The van der Waals surface area contributed by atoms with Crippen LogP contribution in [0.15, 0.2) is 42.5 Å². The molecule has 0 aliphatic heterocycles. The lowest BCUT2D eigenvalue weighted by atomic mass is 10.2. The van der Waals surface area contributed by atoms with Crippen LogP contribution in [-0.4, -0.2) is 25.1 Å². The molecule has 0 atom stereocenters. The molecule has 0 saturated heterocycles. The second kappa shape index (κ2) is 8.05. The molecule has 1 amide bonds. The minimum Gasteiger partial charge on any atom is -0.482 e. The van der Waals surface area contributed by atoms with Crippen molar-refractivity contribution in [1.29, 1.82) is 0 Å². The van der Waals surface area contributed by atoms with E-state index in [-0.39, 0.29) is 12.3 Å². The molecule has 24 heavy (non-hydrogen) atoms. The van der Waals surface area contributed by atoms with E-state index in [2.05, 4.69) is 5.32 Å². The van der Waals surface area contributed by atoms with Gasteiger partial charge in [0.15, 0.2) is 13.2 Å². The van der Waals surface area contributed by atoms with Gasteiger partial charge in [-0.2, -0.15) is 0 Å². The molecule has 1 N–H and O–H groups in total. The van der Waals surface area contributed by atoms with E-state index in [4.69, 9.17) is 9.47 Å². The van der Waals surface area contributed by atoms with Crippen molar-refractivity contribution in [2.45, 2.75) is 6.92 Å². The van der Waals surface area contributed by atoms with Crippen LogP contribution in [0.25, 0.3) is 0 Å². The second-order valence-electron chi connectivity index (χ2n) is 4.93. The van der Waals surface area contributed by atoms with Gasteiger partial charge in [-0.15, -0.1) is 0 Å². The predicted octanol–water partition coefficient (Wildman–Crippen LogP) is 2.83. The molecule has 0 unspecified atom stereocenters. The average molecular weight is 335 g/mol. The largest absolute Gasteiger partial charge is 0.482 e. The fourth-order valence-electron chi connectivity index (χ4n) is 1.74. The molecule has 0 heterocycles. The number of hydrogen-bond donors (Lipinski definition) is 1. The van der Waals surface area contributed by atoms with Crippen molar-refractivity contribution in [2.24, 2.45) is 0 Å². The van der Waals surface area contributed by atoms with Crippen LogP contribution >= 0.6 is 0 Å². The zero-order valence-electron chi connectivity index (χ0n) is 12.8. The number of ether oxygens (including phenoxy) is 2. The van der Waals surface area contributed by atoms with E-state index in [9.17, 15) is 18.4 Å². The lowest BCUT2D eigenvalue weighted by Crippen LogP contribution is -2.24. The lowest BCUT2D eigenvalue weighted by Gasteiger charge is -2.08. The van der Waals surface area contributed by atoms with Crippen LogP contribution in [0.5, 0.6) is 5.75 Å². The number of amides is 1. The van der Waals surface area contributed by atoms with E-state index in [1.54, 1.807) is 12.1 Å². The first-order chi connectivity index (χ1) is 11.4. The summed E-state index contributed by atoms with van der Waals surface area (Å²) in [6.45, 7) is 0.912. The van der Waals surface area contributed by atoms with Gasteiger partial charge in [0, 0.05) is 6.07 Å². The SMILES string of the molecule is Cc1ccc(OCC(=O)OCC(=O)Nc2cc(F)ccc2F)cc1. The van der Waals surface area contributed by atoms with Crippen molar-refractivity contribution in [2.75, 3.05) is 18.5 Å². The summed E-state index contributed by atoms with van der Waals surface area (Å²) < 4.78 is 36.2. The lowest BCUT2D eigenvalue weighted by molar-refractivity contribution is -0.149. The minimum absolute atomic E-state index is 0.327. The Morgan fingerprint density at radius 3 is 2.46 bits per heavy atom. The summed E-state index contributed by atoms with van der Waals surface area (Å²) >= 11 is 0.